The summed E-state index contributed by atoms with van der Waals surface area (Å²) in [4.78, 5) is 11.5. The summed E-state index contributed by atoms with van der Waals surface area (Å²) in [6, 6.07) is 0. The number of carbonyl (C=O) groups excluding carboxylic acids is 1. The zero-order valence-corrected chi connectivity index (χ0v) is 7.09. The van der Waals surface area contributed by atoms with Crippen molar-refractivity contribution in [2.45, 2.75) is 6.10 Å². The third-order valence-electron chi connectivity index (χ3n) is 3.99. The number of esters is 1. The lowest BCUT2D eigenvalue weighted by atomic mass is 9.85. The van der Waals surface area contributed by atoms with Crippen molar-refractivity contribution in [3.8, 4) is 0 Å². The Morgan fingerprint density at radius 2 is 1.69 bits per heavy atom. The van der Waals surface area contributed by atoms with Crippen molar-refractivity contribution in [1.82, 2.24) is 0 Å². The standard InChI is InChI=1S/C11H10O2/c12-11-8-4-2-6-5-1-3-7(8)10(13-11)9(5)6/h1-10H/t5-,6-,7-,8+,9+,10-/m1/s1. The summed E-state index contributed by atoms with van der Waals surface area (Å²) in [6.07, 6.45) is 8.99. The second kappa shape index (κ2) is 1.74. The zero-order chi connectivity index (χ0) is 8.58. The van der Waals surface area contributed by atoms with Gasteiger partial charge in [-0.3, -0.25) is 4.79 Å². The molecule has 4 bridgehead atoms. The first-order valence-electron chi connectivity index (χ1n) is 4.93. The van der Waals surface area contributed by atoms with Crippen LogP contribution in [-0.2, 0) is 9.53 Å². The van der Waals surface area contributed by atoms with Gasteiger partial charge >= 0.3 is 5.97 Å². The predicted octanol–water partition coefficient (Wildman–Crippen LogP) is 1.15. The molecule has 2 nitrogen and oxygen atoms in total. The zero-order valence-electron chi connectivity index (χ0n) is 7.09. The van der Waals surface area contributed by atoms with Crippen LogP contribution in [-0.4, -0.2) is 12.1 Å². The molecule has 0 unspecified atom stereocenters. The van der Waals surface area contributed by atoms with E-state index >= 15 is 0 Å². The highest BCUT2D eigenvalue weighted by molar-refractivity contribution is 5.78. The quantitative estimate of drug-likeness (QED) is 0.406. The molecule has 0 amide bonds. The van der Waals surface area contributed by atoms with Gasteiger partial charge in [0.05, 0.1) is 5.92 Å². The van der Waals surface area contributed by atoms with Crippen molar-refractivity contribution >= 4 is 5.97 Å². The smallest absolute Gasteiger partial charge is 0.313 e. The van der Waals surface area contributed by atoms with Gasteiger partial charge in [0.25, 0.3) is 0 Å². The molecule has 13 heavy (non-hydrogen) atoms. The van der Waals surface area contributed by atoms with Gasteiger partial charge in [-0.15, -0.1) is 0 Å². The van der Waals surface area contributed by atoms with Gasteiger partial charge in [-0.2, -0.15) is 0 Å². The minimum Gasteiger partial charge on any atom is -0.461 e. The van der Waals surface area contributed by atoms with Gasteiger partial charge in [-0.25, -0.2) is 0 Å². The van der Waals surface area contributed by atoms with Crippen LogP contribution >= 0.6 is 0 Å². The molecule has 2 fully saturated rings. The van der Waals surface area contributed by atoms with Crippen LogP contribution in [0.25, 0.3) is 0 Å². The van der Waals surface area contributed by atoms with Gasteiger partial charge in [-0.1, -0.05) is 24.3 Å². The first-order valence-corrected chi connectivity index (χ1v) is 4.93. The van der Waals surface area contributed by atoms with Gasteiger partial charge in [0, 0.05) is 11.8 Å². The van der Waals surface area contributed by atoms with E-state index in [0.717, 1.165) is 0 Å². The van der Waals surface area contributed by atoms with E-state index in [2.05, 4.69) is 24.3 Å². The van der Waals surface area contributed by atoms with Crippen molar-refractivity contribution in [3.05, 3.63) is 24.3 Å². The van der Waals surface area contributed by atoms with Crippen molar-refractivity contribution in [1.29, 1.82) is 0 Å². The predicted molar refractivity (Wildman–Crippen MR) is 45.6 cm³/mol. The van der Waals surface area contributed by atoms with Gasteiger partial charge in [0.1, 0.15) is 6.10 Å². The van der Waals surface area contributed by atoms with Crippen LogP contribution in [0.15, 0.2) is 24.3 Å². The largest absolute Gasteiger partial charge is 0.461 e. The van der Waals surface area contributed by atoms with E-state index in [1.165, 1.54) is 0 Å². The van der Waals surface area contributed by atoms with Crippen LogP contribution in [0.1, 0.15) is 0 Å². The summed E-state index contributed by atoms with van der Waals surface area (Å²) >= 11 is 0. The van der Waals surface area contributed by atoms with Crippen LogP contribution in [0.3, 0.4) is 0 Å². The van der Waals surface area contributed by atoms with E-state index in [4.69, 9.17) is 4.74 Å². The topological polar surface area (TPSA) is 26.3 Å². The van der Waals surface area contributed by atoms with Gasteiger partial charge in [-0.05, 0) is 11.8 Å². The Morgan fingerprint density at radius 1 is 1.00 bits per heavy atom. The second-order valence-corrected chi connectivity index (χ2v) is 4.51. The molecule has 2 heteroatoms. The molecule has 6 atom stereocenters. The Hall–Kier alpha value is -1.05. The minimum atomic E-state index is -0.0121. The maximum atomic E-state index is 11.5. The van der Waals surface area contributed by atoms with E-state index in [1.54, 1.807) is 0 Å². The number of hydrogen-bond acceptors (Lipinski definition) is 2. The fourth-order valence-corrected chi connectivity index (χ4v) is 3.26. The molecule has 66 valence electrons. The minimum absolute atomic E-state index is 0.0121. The lowest BCUT2D eigenvalue weighted by molar-refractivity contribution is -0.144. The molecule has 1 aliphatic heterocycles. The number of ether oxygens (including phenoxy) is 1. The normalized spacial score (nSPS) is 58.9. The van der Waals surface area contributed by atoms with E-state index in [0.29, 0.717) is 23.7 Å². The van der Waals surface area contributed by atoms with Crippen molar-refractivity contribution < 1.29 is 9.53 Å². The summed E-state index contributed by atoms with van der Waals surface area (Å²) in [6.45, 7) is 0. The summed E-state index contributed by atoms with van der Waals surface area (Å²) in [7, 11) is 0. The SMILES string of the molecule is O=C1O[C@@H]2[C@@H]3C=C[C@@H]4[C@@H](C=C[C@H]13)[C@H]42. The Balaban J connectivity index is 1.93. The van der Waals surface area contributed by atoms with E-state index in [-0.39, 0.29) is 18.0 Å². The van der Waals surface area contributed by atoms with E-state index in [1.807, 2.05) is 0 Å². The van der Waals surface area contributed by atoms with Gasteiger partial charge < -0.3 is 4.74 Å². The van der Waals surface area contributed by atoms with Crippen LogP contribution in [0.5, 0.6) is 0 Å². The Morgan fingerprint density at radius 3 is 2.54 bits per heavy atom. The summed E-state index contributed by atoms with van der Waals surface area (Å²) in [5.74, 6) is 2.31. The number of hydrogen-bond donors (Lipinski definition) is 0. The van der Waals surface area contributed by atoms with Gasteiger partial charge in [0.2, 0.25) is 0 Å². The number of carbonyl (C=O) groups is 1. The molecule has 0 spiro atoms. The van der Waals surface area contributed by atoms with Crippen molar-refractivity contribution in [2.75, 3.05) is 0 Å². The molecule has 4 aliphatic rings. The third-order valence-corrected chi connectivity index (χ3v) is 3.99. The molecule has 0 aromatic heterocycles. The summed E-state index contributed by atoms with van der Waals surface area (Å²) in [5, 5.41) is 0. The summed E-state index contributed by atoms with van der Waals surface area (Å²) < 4.78 is 5.41. The average molecular weight is 174 g/mol. The van der Waals surface area contributed by atoms with Crippen molar-refractivity contribution in [2.24, 2.45) is 29.6 Å². The Labute approximate surface area is 76.3 Å². The van der Waals surface area contributed by atoms with E-state index < -0.39 is 0 Å². The molecule has 0 radical (unpaired) electrons. The Kier molecular flexibility index (Phi) is 0.859. The maximum absolute atomic E-state index is 11.5. The monoisotopic (exact) mass is 174 g/mol. The maximum Gasteiger partial charge on any atom is 0.313 e. The molecule has 0 N–H and O–H groups in total. The molecule has 1 saturated heterocycles. The Bertz CT molecular complexity index is 355. The molecule has 0 aromatic carbocycles. The lowest BCUT2D eigenvalue weighted by Crippen LogP contribution is -2.22. The lowest BCUT2D eigenvalue weighted by Gasteiger charge is -2.18. The average Bonchev–Trinajstić information content (AvgIpc) is 2.68. The second-order valence-electron chi connectivity index (χ2n) is 4.51. The number of rotatable bonds is 0. The molecule has 0 aromatic rings. The molecule has 1 heterocycles. The third kappa shape index (κ3) is 0.578. The fourth-order valence-electron chi connectivity index (χ4n) is 3.26. The number of allylic oxidation sites excluding steroid dienone is 2. The first-order chi connectivity index (χ1) is 6.36. The fraction of sp³-hybridized carbons (Fsp3) is 0.545. The molecule has 4 rings (SSSR count). The van der Waals surface area contributed by atoms with Crippen molar-refractivity contribution in [3.63, 3.8) is 0 Å². The first kappa shape index (κ1) is 6.41. The van der Waals surface area contributed by atoms with Gasteiger partial charge in [0.15, 0.2) is 0 Å². The van der Waals surface area contributed by atoms with Crippen LogP contribution in [0.2, 0.25) is 0 Å². The van der Waals surface area contributed by atoms with Crippen LogP contribution in [0.4, 0.5) is 0 Å². The molecular formula is C11H10O2. The highest BCUT2D eigenvalue weighted by Crippen LogP contribution is 2.60. The molecule has 1 saturated carbocycles. The molecule has 3 aliphatic carbocycles. The van der Waals surface area contributed by atoms with Crippen LogP contribution < -0.4 is 0 Å². The summed E-state index contributed by atoms with van der Waals surface area (Å²) in [5.41, 5.74) is 0. The highest BCUT2D eigenvalue weighted by Gasteiger charge is 2.62. The van der Waals surface area contributed by atoms with E-state index in [9.17, 15) is 4.79 Å². The molecular weight excluding hydrogens is 164 g/mol. The highest BCUT2D eigenvalue weighted by atomic mass is 16.6. The number of fused-ring (bicyclic) bond motifs is 1. The van der Waals surface area contributed by atoms with Crippen LogP contribution in [0, 0.1) is 29.6 Å².